The van der Waals surface area contributed by atoms with Crippen LogP contribution in [0.15, 0.2) is 24.3 Å². The van der Waals surface area contributed by atoms with Crippen molar-refractivity contribution in [3.63, 3.8) is 0 Å². The van der Waals surface area contributed by atoms with Gasteiger partial charge in [-0.15, -0.1) is 0 Å². The SMILES string of the molecule is Cc1cccc(NC(=O)CN2CCN(CC(=O)O)CC2)c1. The van der Waals surface area contributed by atoms with Crippen LogP contribution in [0.4, 0.5) is 5.69 Å². The molecule has 1 aromatic carbocycles. The Morgan fingerprint density at radius 3 is 2.33 bits per heavy atom. The molecular formula is C15H21N3O3. The first-order chi connectivity index (χ1) is 10.0. The summed E-state index contributed by atoms with van der Waals surface area (Å²) in [5.41, 5.74) is 1.92. The van der Waals surface area contributed by atoms with E-state index in [0.717, 1.165) is 11.3 Å². The fourth-order valence-electron chi connectivity index (χ4n) is 2.42. The number of benzene rings is 1. The van der Waals surface area contributed by atoms with E-state index in [4.69, 9.17) is 5.11 Å². The van der Waals surface area contributed by atoms with Crippen molar-refractivity contribution in [2.75, 3.05) is 44.6 Å². The normalized spacial score (nSPS) is 16.6. The Bertz CT molecular complexity index is 511. The molecule has 0 atom stereocenters. The number of carboxylic acid groups (broad SMARTS) is 1. The Labute approximate surface area is 124 Å². The lowest BCUT2D eigenvalue weighted by atomic mass is 10.2. The van der Waals surface area contributed by atoms with Gasteiger partial charge in [0, 0.05) is 31.9 Å². The number of carbonyl (C=O) groups is 2. The number of hydrogen-bond acceptors (Lipinski definition) is 4. The van der Waals surface area contributed by atoms with Gasteiger partial charge in [-0.25, -0.2) is 0 Å². The molecule has 1 heterocycles. The molecule has 1 aliphatic rings. The lowest BCUT2D eigenvalue weighted by Crippen LogP contribution is -2.49. The topological polar surface area (TPSA) is 72.9 Å². The molecule has 2 N–H and O–H groups in total. The van der Waals surface area contributed by atoms with Gasteiger partial charge in [0.1, 0.15) is 0 Å². The number of carboxylic acids is 1. The monoisotopic (exact) mass is 291 g/mol. The van der Waals surface area contributed by atoms with Crippen LogP contribution in [-0.4, -0.2) is 66.1 Å². The summed E-state index contributed by atoms with van der Waals surface area (Å²) in [5.74, 6) is -0.840. The fraction of sp³-hybridized carbons (Fsp3) is 0.467. The van der Waals surface area contributed by atoms with E-state index in [0.29, 0.717) is 32.7 Å². The minimum atomic E-state index is -0.805. The second-order valence-corrected chi connectivity index (χ2v) is 5.36. The van der Waals surface area contributed by atoms with E-state index in [1.165, 1.54) is 0 Å². The van der Waals surface area contributed by atoms with Crippen LogP contribution in [0, 0.1) is 6.92 Å². The molecule has 21 heavy (non-hydrogen) atoms. The predicted molar refractivity (Wildman–Crippen MR) is 80.3 cm³/mol. The number of nitrogens with one attached hydrogen (secondary N) is 1. The van der Waals surface area contributed by atoms with E-state index in [9.17, 15) is 9.59 Å². The molecular weight excluding hydrogens is 270 g/mol. The number of piperazine rings is 1. The van der Waals surface area contributed by atoms with E-state index >= 15 is 0 Å². The van der Waals surface area contributed by atoms with Crippen molar-refractivity contribution >= 4 is 17.6 Å². The molecule has 0 radical (unpaired) electrons. The smallest absolute Gasteiger partial charge is 0.317 e. The van der Waals surface area contributed by atoms with Gasteiger partial charge in [0.05, 0.1) is 13.1 Å². The Balaban J connectivity index is 1.75. The van der Waals surface area contributed by atoms with Gasteiger partial charge in [0.15, 0.2) is 0 Å². The van der Waals surface area contributed by atoms with Crippen LogP contribution >= 0.6 is 0 Å². The molecule has 0 unspecified atom stereocenters. The van der Waals surface area contributed by atoms with E-state index in [1.54, 1.807) is 0 Å². The van der Waals surface area contributed by atoms with Gasteiger partial charge in [-0.2, -0.15) is 0 Å². The highest BCUT2D eigenvalue weighted by atomic mass is 16.4. The number of hydrogen-bond donors (Lipinski definition) is 2. The zero-order chi connectivity index (χ0) is 15.2. The van der Waals surface area contributed by atoms with Crippen LogP contribution in [0.2, 0.25) is 0 Å². The van der Waals surface area contributed by atoms with Gasteiger partial charge < -0.3 is 10.4 Å². The third kappa shape index (κ3) is 5.17. The minimum Gasteiger partial charge on any atom is -0.480 e. The van der Waals surface area contributed by atoms with Crippen LogP contribution in [0.1, 0.15) is 5.56 Å². The minimum absolute atomic E-state index is 0.0349. The average Bonchev–Trinajstić information content (AvgIpc) is 2.40. The van der Waals surface area contributed by atoms with E-state index in [2.05, 4.69) is 5.32 Å². The fourth-order valence-corrected chi connectivity index (χ4v) is 2.42. The van der Waals surface area contributed by atoms with Crippen LogP contribution in [0.25, 0.3) is 0 Å². The first-order valence-corrected chi connectivity index (χ1v) is 7.06. The van der Waals surface area contributed by atoms with Crippen molar-refractivity contribution in [2.24, 2.45) is 0 Å². The highest BCUT2D eigenvalue weighted by molar-refractivity contribution is 5.92. The first-order valence-electron chi connectivity index (χ1n) is 7.06. The van der Waals surface area contributed by atoms with E-state index in [-0.39, 0.29) is 12.5 Å². The van der Waals surface area contributed by atoms with Gasteiger partial charge in [0.25, 0.3) is 0 Å². The van der Waals surface area contributed by atoms with Crippen molar-refractivity contribution in [2.45, 2.75) is 6.92 Å². The Morgan fingerprint density at radius 2 is 1.76 bits per heavy atom. The lowest BCUT2D eigenvalue weighted by Gasteiger charge is -2.33. The molecule has 2 rings (SSSR count). The molecule has 1 aromatic rings. The molecule has 6 nitrogen and oxygen atoms in total. The third-order valence-corrected chi connectivity index (χ3v) is 3.49. The zero-order valence-electron chi connectivity index (χ0n) is 12.2. The molecule has 6 heteroatoms. The molecule has 0 spiro atoms. The molecule has 0 bridgehead atoms. The number of carbonyl (C=O) groups excluding carboxylic acids is 1. The van der Waals surface area contributed by atoms with Gasteiger partial charge in [-0.05, 0) is 24.6 Å². The quantitative estimate of drug-likeness (QED) is 0.833. The maximum absolute atomic E-state index is 12.0. The molecule has 0 saturated carbocycles. The Hall–Kier alpha value is -1.92. The zero-order valence-corrected chi connectivity index (χ0v) is 12.2. The van der Waals surface area contributed by atoms with Gasteiger partial charge in [0.2, 0.25) is 5.91 Å². The lowest BCUT2D eigenvalue weighted by molar-refractivity contribution is -0.139. The molecule has 114 valence electrons. The first kappa shape index (κ1) is 15.5. The standard InChI is InChI=1S/C15H21N3O3/c1-12-3-2-4-13(9-12)16-14(19)10-17-5-7-18(8-6-17)11-15(20)21/h2-4,9H,5-8,10-11H2,1H3,(H,16,19)(H,20,21). The predicted octanol–water partition coefficient (Wildman–Crippen LogP) is 0.636. The summed E-state index contributed by atoms with van der Waals surface area (Å²) in [6.07, 6.45) is 0. The Kier molecular flexibility index (Phi) is 5.30. The summed E-state index contributed by atoms with van der Waals surface area (Å²) in [7, 11) is 0. The number of nitrogens with zero attached hydrogens (tertiary/aromatic N) is 2. The molecule has 0 aliphatic carbocycles. The average molecular weight is 291 g/mol. The summed E-state index contributed by atoms with van der Waals surface area (Å²) in [5, 5.41) is 11.6. The second-order valence-electron chi connectivity index (χ2n) is 5.36. The molecule has 1 aliphatic heterocycles. The Morgan fingerprint density at radius 1 is 1.14 bits per heavy atom. The molecule has 1 amide bonds. The largest absolute Gasteiger partial charge is 0.480 e. The summed E-state index contributed by atoms with van der Waals surface area (Å²) in [6, 6.07) is 7.70. The van der Waals surface area contributed by atoms with Crippen molar-refractivity contribution in [1.29, 1.82) is 0 Å². The maximum atomic E-state index is 12.0. The number of aryl methyl sites for hydroxylation is 1. The van der Waals surface area contributed by atoms with Crippen molar-refractivity contribution in [1.82, 2.24) is 9.80 Å². The molecule has 1 fully saturated rings. The van der Waals surface area contributed by atoms with Crippen molar-refractivity contribution in [3.05, 3.63) is 29.8 Å². The summed E-state index contributed by atoms with van der Waals surface area (Å²) >= 11 is 0. The van der Waals surface area contributed by atoms with E-state index < -0.39 is 5.97 Å². The summed E-state index contributed by atoms with van der Waals surface area (Å²) < 4.78 is 0. The number of anilines is 1. The highest BCUT2D eigenvalue weighted by Gasteiger charge is 2.20. The molecule has 0 aromatic heterocycles. The van der Waals surface area contributed by atoms with Crippen molar-refractivity contribution < 1.29 is 14.7 Å². The highest BCUT2D eigenvalue weighted by Crippen LogP contribution is 2.09. The summed E-state index contributed by atoms with van der Waals surface area (Å²) in [6.45, 7) is 5.20. The van der Waals surface area contributed by atoms with Gasteiger partial charge in [-0.3, -0.25) is 19.4 Å². The number of amides is 1. The summed E-state index contributed by atoms with van der Waals surface area (Å²) in [4.78, 5) is 26.6. The maximum Gasteiger partial charge on any atom is 0.317 e. The molecule has 1 saturated heterocycles. The third-order valence-electron chi connectivity index (χ3n) is 3.49. The van der Waals surface area contributed by atoms with Crippen LogP contribution in [0.3, 0.4) is 0 Å². The van der Waals surface area contributed by atoms with Crippen LogP contribution in [-0.2, 0) is 9.59 Å². The van der Waals surface area contributed by atoms with Gasteiger partial charge in [-0.1, -0.05) is 12.1 Å². The number of aliphatic carboxylic acids is 1. The van der Waals surface area contributed by atoms with Crippen LogP contribution < -0.4 is 5.32 Å². The van der Waals surface area contributed by atoms with Crippen molar-refractivity contribution in [3.8, 4) is 0 Å². The second kappa shape index (κ2) is 7.19. The van der Waals surface area contributed by atoms with Gasteiger partial charge >= 0.3 is 5.97 Å². The number of rotatable bonds is 5. The van der Waals surface area contributed by atoms with Crippen LogP contribution in [0.5, 0.6) is 0 Å². The van der Waals surface area contributed by atoms with E-state index in [1.807, 2.05) is 41.0 Å².